The highest BCUT2D eigenvalue weighted by atomic mass is 32.1. The molecule has 2 aromatic carbocycles. The van der Waals surface area contributed by atoms with Crippen LogP contribution in [0.15, 0.2) is 54.6 Å². The maximum atomic E-state index is 10.2. The van der Waals surface area contributed by atoms with Gasteiger partial charge >= 0.3 is 0 Å². The first kappa shape index (κ1) is 25.9. The molecule has 1 aliphatic carbocycles. The second-order valence-electron chi connectivity index (χ2n) is 11.4. The van der Waals surface area contributed by atoms with E-state index in [0.29, 0.717) is 12.8 Å². The van der Waals surface area contributed by atoms with Crippen molar-refractivity contribution in [2.24, 2.45) is 5.73 Å². The second kappa shape index (κ2) is 10.7. The van der Waals surface area contributed by atoms with Crippen molar-refractivity contribution < 1.29 is 9.84 Å². The molecule has 2 aliphatic heterocycles. The molecular formula is C30H39N5O2S. The molecule has 3 aliphatic rings. The largest absolute Gasteiger partial charge is 0.390 e. The van der Waals surface area contributed by atoms with Crippen LogP contribution in [0.2, 0.25) is 0 Å². The fourth-order valence-electron chi connectivity index (χ4n) is 6.17. The standard InChI is InChI=1S/C30H39N5O2S/c1-29(36)21-30(31,22-29)25-9-7-23(8-10-25)26-27(24-5-3-2-4-6-24)38-28(32-26)35-15-13-33(14-16-35)11-12-34-17-19-37-20-18-34/h2-10,36H,11-22,31H2,1H3. The third-order valence-electron chi connectivity index (χ3n) is 8.26. The van der Waals surface area contributed by atoms with Crippen molar-refractivity contribution in [1.29, 1.82) is 0 Å². The van der Waals surface area contributed by atoms with E-state index in [4.69, 9.17) is 15.5 Å². The summed E-state index contributed by atoms with van der Waals surface area (Å²) in [5.41, 5.74) is 9.90. The summed E-state index contributed by atoms with van der Waals surface area (Å²) in [6.45, 7) is 12.1. The Hall–Kier alpha value is -2.33. The summed E-state index contributed by atoms with van der Waals surface area (Å²) in [6.07, 6.45) is 1.18. The minimum atomic E-state index is -0.662. The van der Waals surface area contributed by atoms with Gasteiger partial charge in [0.25, 0.3) is 0 Å². The highest BCUT2D eigenvalue weighted by Crippen LogP contribution is 2.47. The molecular weight excluding hydrogens is 494 g/mol. The summed E-state index contributed by atoms with van der Waals surface area (Å²) in [6, 6.07) is 19.1. The molecule has 3 N–H and O–H groups in total. The van der Waals surface area contributed by atoms with Crippen LogP contribution in [0.4, 0.5) is 5.13 Å². The van der Waals surface area contributed by atoms with E-state index in [1.165, 1.54) is 10.4 Å². The lowest BCUT2D eigenvalue weighted by molar-refractivity contribution is -0.0738. The number of ether oxygens (including phenoxy) is 1. The number of aromatic nitrogens is 1. The van der Waals surface area contributed by atoms with E-state index < -0.39 is 11.1 Å². The molecule has 202 valence electrons. The predicted octanol–water partition coefficient (Wildman–Crippen LogP) is 3.63. The van der Waals surface area contributed by atoms with E-state index in [1.54, 1.807) is 11.3 Å². The van der Waals surface area contributed by atoms with Gasteiger partial charge in [-0.05, 0) is 30.9 Å². The average Bonchev–Trinajstić information content (AvgIpc) is 3.38. The Morgan fingerprint density at radius 2 is 1.50 bits per heavy atom. The van der Waals surface area contributed by atoms with E-state index in [1.807, 2.05) is 6.92 Å². The number of nitrogens with two attached hydrogens (primary N) is 1. The number of nitrogens with zero attached hydrogens (tertiary/aromatic N) is 4. The molecule has 2 saturated heterocycles. The van der Waals surface area contributed by atoms with E-state index in [9.17, 15) is 5.11 Å². The first-order chi connectivity index (χ1) is 18.4. The zero-order valence-corrected chi connectivity index (χ0v) is 23.1. The number of morpholine rings is 1. The van der Waals surface area contributed by atoms with Crippen molar-refractivity contribution in [3.8, 4) is 21.7 Å². The zero-order valence-electron chi connectivity index (χ0n) is 22.3. The minimum Gasteiger partial charge on any atom is -0.390 e. The summed E-state index contributed by atoms with van der Waals surface area (Å²) in [7, 11) is 0. The lowest BCUT2D eigenvalue weighted by Gasteiger charge is -2.49. The van der Waals surface area contributed by atoms with Gasteiger partial charge in [0, 0.05) is 63.5 Å². The van der Waals surface area contributed by atoms with Gasteiger partial charge in [0.1, 0.15) is 0 Å². The van der Waals surface area contributed by atoms with Gasteiger partial charge in [0.2, 0.25) is 0 Å². The Kier molecular flexibility index (Phi) is 7.28. The highest BCUT2D eigenvalue weighted by Gasteiger charge is 2.49. The summed E-state index contributed by atoms with van der Waals surface area (Å²) in [4.78, 5) is 14.0. The predicted molar refractivity (Wildman–Crippen MR) is 155 cm³/mol. The molecule has 0 amide bonds. The van der Waals surface area contributed by atoms with Crippen LogP contribution in [0.1, 0.15) is 25.3 Å². The number of hydrogen-bond acceptors (Lipinski definition) is 8. The molecule has 1 aromatic heterocycles. The second-order valence-corrected chi connectivity index (χ2v) is 12.4. The normalized spacial score (nSPS) is 26.9. The van der Waals surface area contributed by atoms with Crippen LogP contribution in [0, 0.1) is 0 Å². The molecule has 3 fully saturated rings. The van der Waals surface area contributed by atoms with Gasteiger partial charge in [-0.3, -0.25) is 9.80 Å². The fourth-order valence-corrected chi connectivity index (χ4v) is 7.31. The molecule has 38 heavy (non-hydrogen) atoms. The average molecular weight is 534 g/mol. The van der Waals surface area contributed by atoms with Gasteiger partial charge in [0.05, 0.1) is 29.4 Å². The Labute approximate surface area is 229 Å². The molecule has 6 rings (SSSR count). The number of benzene rings is 2. The summed E-state index contributed by atoms with van der Waals surface area (Å²) in [5, 5.41) is 11.3. The summed E-state index contributed by atoms with van der Waals surface area (Å²) < 4.78 is 5.48. The number of anilines is 1. The van der Waals surface area contributed by atoms with Crippen molar-refractivity contribution in [3.63, 3.8) is 0 Å². The fraction of sp³-hybridized carbons (Fsp3) is 0.500. The topological polar surface area (TPSA) is 78.1 Å². The van der Waals surface area contributed by atoms with Crippen LogP contribution < -0.4 is 10.6 Å². The van der Waals surface area contributed by atoms with Crippen molar-refractivity contribution in [3.05, 3.63) is 60.2 Å². The van der Waals surface area contributed by atoms with Gasteiger partial charge in [-0.25, -0.2) is 4.98 Å². The van der Waals surface area contributed by atoms with Crippen molar-refractivity contribution in [2.45, 2.75) is 30.9 Å². The van der Waals surface area contributed by atoms with Gasteiger partial charge in [-0.1, -0.05) is 65.9 Å². The number of thiazole rings is 1. The first-order valence-corrected chi connectivity index (χ1v) is 14.7. The van der Waals surface area contributed by atoms with Crippen LogP contribution in [-0.2, 0) is 10.3 Å². The van der Waals surface area contributed by atoms with E-state index >= 15 is 0 Å². The van der Waals surface area contributed by atoms with Crippen molar-refractivity contribution in [1.82, 2.24) is 14.8 Å². The molecule has 3 aromatic rings. The number of piperazine rings is 1. The quantitative estimate of drug-likeness (QED) is 0.480. The third-order valence-corrected chi connectivity index (χ3v) is 9.42. The molecule has 0 unspecified atom stereocenters. The van der Waals surface area contributed by atoms with Crippen LogP contribution in [-0.4, -0.2) is 91.1 Å². The SMILES string of the molecule is CC1(O)CC(N)(c2ccc(-c3nc(N4CCN(CCN5CCOCC5)CC4)sc3-c3ccccc3)cc2)C1. The third kappa shape index (κ3) is 5.52. The van der Waals surface area contributed by atoms with Gasteiger partial charge in [-0.15, -0.1) is 0 Å². The number of rotatable bonds is 7. The molecule has 0 bridgehead atoms. The maximum Gasteiger partial charge on any atom is 0.186 e. The highest BCUT2D eigenvalue weighted by molar-refractivity contribution is 7.19. The van der Waals surface area contributed by atoms with Crippen LogP contribution >= 0.6 is 11.3 Å². The Balaban J connectivity index is 1.18. The Morgan fingerprint density at radius 3 is 2.13 bits per heavy atom. The van der Waals surface area contributed by atoms with Gasteiger partial charge in [-0.2, -0.15) is 0 Å². The van der Waals surface area contributed by atoms with Gasteiger partial charge in [0.15, 0.2) is 5.13 Å². The van der Waals surface area contributed by atoms with E-state index in [-0.39, 0.29) is 0 Å². The molecule has 0 radical (unpaired) electrons. The maximum absolute atomic E-state index is 10.2. The molecule has 0 spiro atoms. The lowest BCUT2D eigenvalue weighted by Crippen LogP contribution is -2.58. The smallest absolute Gasteiger partial charge is 0.186 e. The van der Waals surface area contributed by atoms with Crippen LogP contribution in [0.5, 0.6) is 0 Å². The molecule has 3 heterocycles. The number of hydrogen-bond donors (Lipinski definition) is 2. The molecule has 0 atom stereocenters. The lowest BCUT2D eigenvalue weighted by atomic mass is 9.63. The number of aliphatic hydroxyl groups is 1. The summed E-state index contributed by atoms with van der Waals surface area (Å²) in [5.74, 6) is 0. The zero-order chi connectivity index (χ0) is 26.2. The van der Waals surface area contributed by atoms with Crippen LogP contribution in [0.25, 0.3) is 21.7 Å². The van der Waals surface area contributed by atoms with Gasteiger partial charge < -0.3 is 20.5 Å². The van der Waals surface area contributed by atoms with Crippen molar-refractivity contribution in [2.75, 3.05) is 70.5 Å². The Morgan fingerprint density at radius 1 is 0.868 bits per heavy atom. The monoisotopic (exact) mass is 533 g/mol. The molecule has 8 heteroatoms. The minimum absolute atomic E-state index is 0.445. The molecule has 1 saturated carbocycles. The van der Waals surface area contributed by atoms with E-state index in [2.05, 4.69) is 69.3 Å². The Bertz CT molecular complexity index is 1210. The van der Waals surface area contributed by atoms with Crippen LogP contribution in [0.3, 0.4) is 0 Å². The van der Waals surface area contributed by atoms with E-state index in [0.717, 1.165) is 87.5 Å². The summed E-state index contributed by atoms with van der Waals surface area (Å²) >= 11 is 1.79. The first-order valence-electron chi connectivity index (χ1n) is 13.8. The van der Waals surface area contributed by atoms with Crippen molar-refractivity contribution >= 4 is 16.5 Å². The molecule has 7 nitrogen and oxygen atoms in total.